The summed E-state index contributed by atoms with van der Waals surface area (Å²) < 4.78 is 26.4. The van der Waals surface area contributed by atoms with Gasteiger partial charge in [0, 0.05) is 85.1 Å². The van der Waals surface area contributed by atoms with Gasteiger partial charge in [-0.1, -0.05) is 12.8 Å². The van der Waals surface area contributed by atoms with Crippen molar-refractivity contribution in [1.29, 1.82) is 0 Å². The molecule has 2 aromatic heterocycles. The SMILES string of the molecule is Cn1ccnc1CN(CCCC[C@H](NC(=O)CCCCCCC(=O)NCCCC[C@H](NC(=O)N[C@@H](CCC(=O)O)C(=O)O)C(=O)O)C(=O)O)Cc1nccn1C.[C-]#[O+].[C-]#[O+].[C-]#[O+].[Re]. The molecule has 0 fully saturated rings. The number of aromatic nitrogens is 4. The Balaban J connectivity index is -0.00000492. The molecule has 4 amide bonds. The molecule has 1 radical (unpaired) electrons. The molecule has 349 valence electrons. The molecule has 63 heavy (non-hydrogen) atoms. The van der Waals surface area contributed by atoms with Gasteiger partial charge in [0.1, 0.15) is 29.8 Å². The van der Waals surface area contributed by atoms with Gasteiger partial charge in [0.2, 0.25) is 11.8 Å². The number of hydrogen-bond donors (Lipinski definition) is 8. The molecule has 0 aliphatic rings. The summed E-state index contributed by atoms with van der Waals surface area (Å²) >= 11 is 0. The summed E-state index contributed by atoms with van der Waals surface area (Å²) in [6, 6.07) is -4.84. The van der Waals surface area contributed by atoms with Crippen LogP contribution in [0.25, 0.3) is 0 Å². The molecule has 23 nitrogen and oxygen atoms in total. The van der Waals surface area contributed by atoms with Gasteiger partial charge in [0.25, 0.3) is 0 Å². The van der Waals surface area contributed by atoms with Crippen LogP contribution >= 0.6 is 0 Å². The predicted octanol–water partition coefficient (Wildman–Crippen LogP) is 1.48. The van der Waals surface area contributed by atoms with E-state index < -0.39 is 54.5 Å². The van der Waals surface area contributed by atoms with Crippen LogP contribution in [0.15, 0.2) is 24.8 Å². The van der Waals surface area contributed by atoms with E-state index in [-0.39, 0.29) is 64.5 Å². The average Bonchev–Trinajstić information content (AvgIpc) is 3.85. The van der Waals surface area contributed by atoms with Gasteiger partial charge in [-0.15, -0.1) is 0 Å². The van der Waals surface area contributed by atoms with Crippen LogP contribution in [0.5, 0.6) is 0 Å². The van der Waals surface area contributed by atoms with Crippen LogP contribution in [-0.4, -0.2) is 117 Å². The molecule has 0 bridgehead atoms. The Bertz CT molecular complexity index is 1670. The van der Waals surface area contributed by atoms with Crippen LogP contribution in [0.1, 0.15) is 102 Å². The Morgan fingerprint density at radius 1 is 0.603 bits per heavy atom. The maximum absolute atomic E-state index is 12.5. The summed E-state index contributed by atoms with van der Waals surface area (Å²) in [5.74, 6) is -3.79. The number of carbonyl (C=O) groups excluding carboxylic acids is 3. The zero-order chi connectivity index (χ0) is 47.5. The van der Waals surface area contributed by atoms with E-state index in [2.05, 4.69) is 56.1 Å². The van der Waals surface area contributed by atoms with Crippen molar-refractivity contribution in [2.75, 3.05) is 13.1 Å². The molecule has 0 saturated carbocycles. The van der Waals surface area contributed by atoms with Crippen LogP contribution in [0.2, 0.25) is 0 Å². The number of rotatable bonds is 30. The molecule has 24 heteroatoms. The first-order valence-electron chi connectivity index (χ1n) is 19.5. The van der Waals surface area contributed by atoms with Crippen molar-refractivity contribution in [2.24, 2.45) is 14.1 Å². The fraction of sp³-hybridized carbons (Fsp3) is 0.590. The zero-order valence-electron chi connectivity index (χ0n) is 35.3. The predicted molar refractivity (Wildman–Crippen MR) is 212 cm³/mol. The van der Waals surface area contributed by atoms with Gasteiger partial charge in [-0.05, 0) is 64.3 Å². The van der Waals surface area contributed by atoms with E-state index in [0.29, 0.717) is 71.0 Å². The van der Waals surface area contributed by atoms with Gasteiger partial charge in [-0.25, -0.2) is 29.1 Å². The Kier molecular flexibility index (Phi) is 37.2. The first-order valence-corrected chi connectivity index (χ1v) is 19.5. The third-order valence-electron chi connectivity index (χ3n) is 9.08. The number of unbranched alkanes of at least 4 members (excludes halogenated alkanes) is 5. The summed E-state index contributed by atoms with van der Waals surface area (Å²) in [4.78, 5) is 93.2. The molecule has 3 atom stereocenters. The van der Waals surface area contributed by atoms with Crippen LogP contribution in [-0.2, 0) is 90.3 Å². The van der Waals surface area contributed by atoms with E-state index in [4.69, 9.17) is 24.2 Å². The van der Waals surface area contributed by atoms with Gasteiger partial charge in [0.15, 0.2) is 0 Å². The van der Waals surface area contributed by atoms with Crippen molar-refractivity contribution in [2.45, 2.75) is 121 Å². The number of aliphatic carboxylic acids is 4. The van der Waals surface area contributed by atoms with Crippen LogP contribution in [0.4, 0.5) is 4.79 Å². The second-order valence-electron chi connectivity index (χ2n) is 13.7. The molecule has 2 aromatic rings. The number of amides is 4. The maximum Gasteiger partial charge on any atom is 0 e. The molecule has 8 N–H and O–H groups in total. The fourth-order valence-corrected chi connectivity index (χ4v) is 5.77. The minimum atomic E-state index is -1.50. The van der Waals surface area contributed by atoms with E-state index in [1.165, 1.54) is 0 Å². The molecule has 0 unspecified atom stereocenters. The smallest absolute Gasteiger partial charge is 0 e. The summed E-state index contributed by atoms with van der Waals surface area (Å²) in [5, 5.41) is 46.6. The summed E-state index contributed by atoms with van der Waals surface area (Å²) in [5.41, 5.74) is 0. The second kappa shape index (κ2) is 38.1. The summed E-state index contributed by atoms with van der Waals surface area (Å²) in [7, 11) is 3.87. The molecule has 0 spiro atoms. The number of nitrogens with one attached hydrogen (secondary N) is 4. The van der Waals surface area contributed by atoms with Gasteiger partial charge < -0.3 is 50.8 Å². The summed E-state index contributed by atoms with van der Waals surface area (Å²) in [6.07, 6.45) is 11.8. The number of carboxylic acids is 4. The molecular weight excluding hydrogens is 1000 g/mol. The number of urea groups is 1. The van der Waals surface area contributed by atoms with Gasteiger partial charge in [0.05, 0.1) is 13.1 Å². The molecule has 0 aliphatic heterocycles. The largest absolute Gasteiger partial charge is 0 e. The standard InChI is InChI=1S/C36H57N9O11.3CO.Re/c1-43-21-18-37-28(43)23-45(24-29-38-19-22-44(29)2)20-10-8-12-25(33(50)51)40-31(47)14-6-4-3-5-13-30(46)39-17-9-7-11-26(34(52)53)41-36(56)42-27(35(54)55)15-16-32(48)49;3*1-2;/h18-19,21-22,25-27H,3-17,20,23-24H2,1-2H3,(H,39,46)(H,40,47)(H,48,49)(H,50,51)(H,52,53)(H,54,55)(H2,41,42,56);;;;/t25-,26-,27-;;;;/m0..../s1. The topological polar surface area (TPSA) is 347 Å². The quantitative estimate of drug-likeness (QED) is 0.0312. The number of aryl methyl sites for hydroxylation is 2. The van der Waals surface area contributed by atoms with Crippen LogP contribution < -0.4 is 21.3 Å². The van der Waals surface area contributed by atoms with E-state index in [1.807, 2.05) is 35.6 Å². The van der Waals surface area contributed by atoms with Crippen molar-refractivity contribution < 1.29 is 88.4 Å². The van der Waals surface area contributed by atoms with Crippen molar-refractivity contribution in [3.63, 3.8) is 0 Å². The maximum atomic E-state index is 12.5. The molecule has 0 saturated heterocycles. The van der Waals surface area contributed by atoms with Gasteiger partial charge >= 0.3 is 63.8 Å². The molecule has 2 heterocycles. The first-order chi connectivity index (χ1) is 29.7. The molecule has 0 aliphatic carbocycles. The van der Waals surface area contributed by atoms with E-state index in [1.54, 1.807) is 12.4 Å². The zero-order valence-corrected chi connectivity index (χ0v) is 38.0. The van der Waals surface area contributed by atoms with E-state index >= 15 is 0 Å². The molecule has 2 rings (SSSR count). The van der Waals surface area contributed by atoms with Crippen molar-refractivity contribution in [3.05, 3.63) is 56.4 Å². The minimum Gasteiger partial charge on any atom is 0 e. The number of carboxylic acid groups (broad SMARTS) is 4. The fourth-order valence-electron chi connectivity index (χ4n) is 5.77. The van der Waals surface area contributed by atoms with Gasteiger partial charge in [-0.3, -0.25) is 19.3 Å². The second-order valence-corrected chi connectivity index (χ2v) is 13.7. The third kappa shape index (κ3) is 29.3. The summed E-state index contributed by atoms with van der Waals surface area (Å²) in [6.45, 7) is 15.7. The number of hydrogen-bond acceptors (Lipinski definition) is 10. The van der Waals surface area contributed by atoms with E-state index in [9.17, 15) is 43.8 Å². The molecular formula is C39H57N9O14Re. The van der Waals surface area contributed by atoms with Crippen molar-refractivity contribution >= 4 is 41.7 Å². The normalized spacial score (nSPS) is 11.4. The number of carbonyl (C=O) groups is 7. The average molecular weight is 1060 g/mol. The minimum absolute atomic E-state index is 0. The third-order valence-corrected chi connectivity index (χ3v) is 9.08. The number of imidazole rings is 2. The van der Waals surface area contributed by atoms with Gasteiger partial charge in [-0.2, -0.15) is 0 Å². The Labute approximate surface area is 379 Å². The van der Waals surface area contributed by atoms with E-state index in [0.717, 1.165) is 18.1 Å². The Hall–Kier alpha value is -5.65. The Morgan fingerprint density at radius 3 is 1.46 bits per heavy atom. The van der Waals surface area contributed by atoms with Crippen LogP contribution in [0.3, 0.4) is 0 Å². The monoisotopic (exact) mass is 1060 g/mol. The number of nitrogens with zero attached hydrogens (tertiary/aromatic N) is 5. The molecule has 0 aromatic carbocycles. The van der Waals surface area contributed by atoms with Crippen molar-refractivity contribution in [3.8, 4) is 0 Å². The van der Waals surface area contributed by atoms with Crippen molar-refractivity contribution in [1.82, 2.24) is 45.3 Å². The van der Waals surface area contributed by atoms with Crippen LogP contribution in [0, 0.1) is 20.0 Å². The Morgan fingerprint density at radius 2 is 1.03 bits per heavy atom. The first kappa shape index (κ1) is 61.7.